The normalized spacial score (nSPS) is 13.0. The number of nitrogens with zero attached hydrogens (tertiary/aromatic N) is 1. The lowest BCUT2D eigenvalue weighted by atomic mass is 10.0. The summed E-state index contributed by atoms with van der Waals surface area (Å²) in [7, 11) is 5.54. The number of carboxylic acids is 1. The van der Waals surface area contributed by atoms with Gasteiger partial charge >= 0.3 is 17.9 Å². The van der Waals surface area contributed by atoms with E-state index in [2.05, 4.69) is 38.2 Å². The van der Waals surface area contributed by atoms with Crippen LogP contribution in [0.4, 0.5) is 0 Å². The van der Waals surface area contributed by atoms with Crippen LogP contribution >= 0.6 is 0 Å². The van der Waals surface area contributed by atoms with Gasteiger partial charge < -0.3 is 23.8 Å². The van der Waals surface area contributed by atoms with Gasteiger partial charge in [-0.3, -0.25) is 9.59 Å². The van der Waals surface area contributed by atoms with E-state index in [1.807, 2.05) is 21.1 Å². The quantitative estimate of drug-likeness (QED) is 0.0281. The Morgan fingerprint density at radius 2 is 0.812 bits per heavy atom. The van der Waals surface area contributed by atoms with Crippen LogP contribution in [0, 0.1) is 0 Å². The summed E-state index contributed by atoms with van der Waals surface area (Å²) in [6.45, 7) is 4.76. The van der Waals surface area contributed by atoms with Crippen LogP contribution in [0.2, 0.25) is 0 Å². The van der Waals surface area contributed by atoms with Crippen LogP contribution in [0.3, 0.4) is 0 Å². The first-order chi connectivity index (χ1) is 31.1. The highest BCUT2D eigenvalue weighted by molar-refractivity contribution is 5.72. The molecule has 0 fully saturated rings. The maximum absolute atomic E-state index is 12.8. The van der Waals surface area contributed by atoms with Crippen molar-refractivity contribution in [3.63, 3.8) is 0 Å². The monoisotopic (exact) mass is 905 g/mol. The number of hydrogen-bond donors (Lipinski definition) is 1. The number of hydrogen-bond acceptors (Lipinski definition) is 6. The Labute approximate surface area is 396 Å². The van der Waals surface area contributed by atoms with Crippen molar-refractivity contribution < 1.29 is 38.2 Å². The van der Waals surface area contributed by atoms with Gasteiger partial charge in [0.25, 0.3) is 0 Å². The zero-order valence-electron chi connectivity index (χ0n) is 43.0. The second-order valence-corrected chi connectivity index (χ2v) is 19.9. The smallest absolute Gasteiger partial charge is 0.362 e. The van der Waals surface area contributed by atoms with Crippen LogP contribution < -0.4 is 0 Å². The van der Waals surface area contributed by atoms with E-state index < -0.39 is 18.1 Å². The first-order valence-electron chi connectivity index (χ1n) is 27.4. The number of quaternary nitrogens is 1. The standard InChI is InChI=1S/C56H105NO7/c1-6-8-10-12-14-16-18-20-22-24-26-27-28-29-31-32-34-36-38-40-42-44-46-54(58)63-51-52(50-62-49-48-53(56(60)61)57(3,4)5)64-55(59)47-45-43-41-39-37-35-33-30-25-23-21-19-17-15-13-11-9-7-2/h23,25,30,33,52-53H,6-22,24,26-29,31-32,34-51H2,1-5H3/p+1/b25-23+,33-30+. The molecule has 0 amide bonds. The van der Waals surface area contributed by atoms with E-state index in [9.17, 15) is 19.5 Å². The zero-order chi connectivity index (χ0) is 47.0. The number of allylic oxidation sites excluding steroid dienone is 4. The molecule has 2 atom stereocenters. The molecule has 0 radical (unpaired) electrons. The number of ether oxygens (including phenoxy) is 3. The molecule has 0 aromatic heterocycles. The molecule has 0 bridgehead atoms. The third kappa shape index (κ3) is 45.0. The number of esters is 2. The van der Waals surface area contributed by atoms with E-state index in [1.165, 1.54) is 173 Å². The lowest BCUT2D eigenvalue weighted by Crippen LogP contribution is -2.50. The van der Waals surface area contributed by atoms with Crippen LogP contribution in [0.5, 0.6) is 0 Å². The molecule has 0 aromatic carbocycles. The number of carboxylic acid groups (broad SMARTS) is 1. The number of rotatable bonds is 50. The molecule has 0 aromatic rings. The van der Waals surface area contributed by atoms with Crippen LogP contribution in [0.15, 0.2) is 24.3 Å². The molecule has 0 rings (SSSR count). The Balaban J connectivity index is 4.18. The van der Waals surface area contributed by atoms with Crippen LogP contribution in [0.1, 0.15) is 264 Å². The van der Waals surface area contributed by atoms with Crippen molar-refractivity contribution in [1.29, 1.82) is 0 Å². The molecule has 0 heterocycles. The number of carbonyl (C=O) groups is 3. The van der Waals surface area contributed by atoms with Gasteiger partial charge in [0.1, 0.15) is 6.61 Å². The van der Waals surface area contributed by atoms with E-state index in [0.29, 0.717) is 19.3 Å². The molecule has 1 N–H and O–H groups in total. The molecular formula is C56H106NO7+. The Hall–Kier alpha value is -2.19. The molecule has 0 saturated carbocycles. The summed E-state index contributed by atoms with van der Waals surface area (Å²) >= 11 is 0. The third-order valence-corrected chi connectivity index (χ3v) is 12.6. The summed E-state index contributed by atoms with van der Waals surface area (Å²) in [6.07, 6.45) is 55.2. The largest absolute Gasteiger partial charge is 0.477 e. The molecule has 0 aliphatic rings. The Morgan fingerprint density at radius 1 is 0.469 bits per heavy atom. The summed E-state index contributed by atoms with van der Waals surface area (Å²) in [5.74, 6) is -1.47. The Kier molecular flexibility index (Phi) is 45.7. The molecule has 376 valence electrons. The molecule has 8 nitrogen and oxygen atoms in total. The molecule has 64 heavy (non-hydrogen) atoms. The number of likely N-dealkylation sites (N-methyl/N-ethyl adjacent to an activating group) is 1. The fourth-order valence-corrected chi connectivity index (χ4v) is 8.38. The van der Waals surface area contributed by atoms with Crippen LogP contribution in [0.25, 0.3) is 0 Å². The molecule has 0 spiro atoms. The van der Waals surface area contributed by atoms with E-state index in [4.69, 9.17) is 14.2 Å². The average molecular weight is 905 g/mol. The van der Waals surface area contributed by atoms with Crippen molar-refractivity contribution in [3.8, 4) is 0 Å². The Morgan fingerprint density at radius 3 is 1.17 bits per heavy atom. The van der Waals surface area contributed by atoms with Crippen molar-refractivity contribution in [1.82, 2.24) is 0 Å². The highest BCUT2D eigenvalue weighted by atomic mass is 16.6. The fourth-order valence-electron chi connectivity index (χ4n) is 8.38. The van der Waals surface area contributed by atoms with Gasteiger partial charge in [-0.05, 0) is 38.5 Å². The van der Waals surface area contributed by atoms with Gasteiger partial charge in [-0.2, -0.15) is 0 Å². The van der Waals surface area contributed by atoms with Crippen LogP contribution in [-0.2, 0) is 28.6 Å². The van der Waals surface area contributed by atoms with Gasteiger partial charge in [-0.1, -0.05) is 231 Å². The van der Waals surface area contributed by atoms with Gasteiger partial charge in [-0.15, -0.1) is 0 Å². The topological polar surface area (TPSA) is 99.1 Å². The SMILES string of the molecule is CCCCCCCCC/C=C/C=C/CCCCCCCC(=O)OC(COCCC(C(=O)O)[N+](C)(C)C)COC(=O)CCCCCCCCCCCCCCCCCCCCCCCC. The summed E-state index contributed by atoms with van der Waals surface area (Å²) in [5, 5.41) is 9.66. The minimum absolute atomic E-state index is 0.0522. The molecule has 0 saturated heterocycles. The first kappa shape index (κ1) is 61.8. The van der Waals surface area contributed by atoms with E-state index in [-0.39, 0.29) is 36.2 Å². The maximum atomic E-state index is 12.8. The van der Waals surface area contributed by atoms with Gasteiger partial charge in [0, 0.05) is 19.3 Å². The van der Waals surface area contributed by atoms with Crippen molar-refractivity contribution >= 4 is 17.9 Å². The van der Waals surface area contributed by atoms with Crippen molar-refractivity contribution in [2.75, 3.05) is 41.0 Å². The fraction of sp³-hybridized carbons (Fsp3) is 0.875. The van der Waals surface area contributed by atoms with Gasteiger partial charge in [0.2, 0.25) is 0 Å². The van der Waals surface area contributed by atoms with E-state index >= 15 is 0 Å². The number of aliphatic carboxylic acids is 1. The lowest BCUT2D eigenvalue weighted by molar-refractivity contribution is -0.887. The number of carbonyl (C=O) groups excluding carboxylic acids is 2. The molecular weight excluding hydrogens is 799 g/mol. The van der Waals surface area contributed by atoms with Crippen molar-refractivity contribution in [3.05, 3.63) is 24.3 Å². The maximum Gasteiger partial charge on any atom is 0.362 e. The minimum Gasteiger partial charge on any atom is -0.477 e. The van der Waals surface area contributed by atoms with E-state index in [0.717, 1.165) is 57.8 Å². The third-order valence-electron chi connectivity index (χ3n) is 12.6. The molecule has 0 aliphatic heterocycles. The highest BCUT2D eigenvalue weighted by Gasteiger charge is 2.31. The average Bonchev–Trinajstić information content (AvgIpc) is 3.26. The van der Waals surface area contributed by atoms with Crippen molar-refractivity contribution in [2.24, 2.45) is 0 Å². The van der Waals surface area contributed by atoms with Gasteiger partial charge in [0.15, 0.2) is 12.1 Å². The first-order valence-corrected chi connectivity index (χ1v) is 27.4. The second-order valence-electron chi connectivity index (χ2n) is 19.9. The predicted molar refractivity (Wildman–Crippen MR) is 271 cm³/mol. The predicted octanol–water partition coefficient (Wildman–Crippen LogP) is 16.0. The summed E-state index contributed by atoms with van der Waals surface area (Å²) in [4.78, 5) is 37.2. The zero-order valence-corrected chi connectivity index (χ0v) is 43.0. The highest BCUT2D eigenvalue weighted by Crippen LogP contribution is 2.17. The summed E-state index contributed by atoms with van der Waals surface area (Å²) < 4.78 is 17.4. The summed E-state index contributed by atoms with van der Waals surface area (Å²) in [5.41, 5.74) is 0. The van der Waals surface area contributed by atoms with Gasteiger partial charge in [-0.25, -0.2) is 4.79 Å². The lowest BCUT2D eigenvalue weighted by Gasteiger charge is -2.31. The van der Waals surface area contributed by atoms with Crippen LogP contribution in [-0.4, -0.2) is 80.6 Å². The minimum atomic E-state index is -0.874. The number of unbranched alkanes of at least 4 members (excludes halogenated alkanes) is 33. The van der Waals surface area contributed by atoms with E-state index in [1.54, 1.807) is 0 Å². The van der Waals surface area contributed by atoms with Crippen molar-refractivity contribution in [2.45, 2.75) is 276 Å². The summed E-state index contributed by atoms with van der Waals surface area (Å²) in [6, 6.07) is -0.616. The second kappa shape index (κ2) is 47.3. The Bertz CT molecular complexity index is 1100. The molecule has 0 aliphatic carbocycles. The molecule has 8 heteroatoms. The van der Waals surface area contributed by atoms with Gasteiger partial charge in [0.05, 0.1) is 34.4 Å². The molecule has 2 unspecified atom stereocenters.